The predicted octanol–water partition coefficient (Wildman–Crippen LogP) is 9.91. The first-order chi connectivity index (χ1) is 30.5. The number of hydrogen-bond acceptors (Lipinski definition) is 7. The average molecular weight is 848 g/mol. The minimum Gasteiger partial charge on any atom is -0.506 e. The van der Waals surface area contributed by atoms with Gasteiger partial charge in [-0.05, 0) is 103 Å². The second-order valence-corrected chi connectivity index (χ2v) is 16.9. The fraction of sp³-hybridized carbons (Fsp3) is 0.308. The molecule has 0 bridgehead atoms. The monoisotopic (exact) mass is 847 g/mol. The Kier molecular flexibility index (Phi) is 14.7. The molecule has 11 heteroatoms. The Morgan fingerprint density at radius 2 is 1.56 bits per heavy atom. The number of nitrogens with zero attached hydrogens (tertiary/aromatic N) is 2. The minimum atomic E-state index is -0.468. The fourth-order valence-corrected chi connectivity index (χ4v) is 8.43. The average Bonchev–Trinajstić information content (AvgIpc) is 3.29. The van der Waals surface area contributed by atoms with Gasteiger partial charge in [-0.25, -0.2) is 4.79 Å². The molecule has 63 heavy (non-hydrogen) atoms. The van der Waals surface area contributed by atoms with Crippen molar-refractivity contribution >= 4 is 45.9 Å². The fourth-order valence-electron chi connectivity index (χ4n) is 8.43. The lowest BCUT2D eigenvalue weighted by molar-refractivity contribution is -0.118. The molecular weight excluding hydrogens is 791 g/mol. The van der Waals surface area contributed by atoms with Gasteiger partial charge < -0.3 is 29.9 Å². The van der Waals surface area contributed by atoms with E-state index in [1.54, 1.807) is 24.1 Å². The molecule has 2 atom stereocenters. The number of fused-ring (bicyclic) bond motifs is 1. The standard InChI is InChI=1S/C52H57N5O6/c1-35(16-17-36(2)43-22-24-47(58)51-45(43)23-25-48(59)55-51)32-37-18-20-38(21-19-37)33-49(60)53-40-12-9-13-41(34-40)56(3)50(61)28-31-57-29-26-42(27-30-57)63-52(62)54-46-15-8-7-14-44(46)39-10-5-4-6-11-39/h4-15,18-25,34-36,42,58H,16-17,26-33H2,1-3H3,(H,53,60)(H,54,62)(H,55,59)/t35?,36-/m0/s1. The van der Waals surface area contributed by atoms with E-state index in [9.17, 15) is 24.3 Å². The van der Waals surface area contributed by atoms with Crippen LogP contribution in [0.3, 0.4) is 0 Å². The lowest BCUT2D eigenvalue weighted by atomic mass is 9.88. The highest BCUT2D eigenvalue weighted by Crippen LogP contribution is 2.33. The van der Waals surface area contributed by atoms with Gasteiger partial charge in [-0.15, -0.1) is 0 Å². The number of phenolic OH excluding ortho intramolecular Hbond substituents is 1. The summed E-state index contributed by atoms with van der Waals surface area (Å²) in [6, 6.07) is 40.0. The van der Waals surface area contributed by atoms with E-state index < -0.39 is 6.09 Å². The number of hydrogen-bond donors (Lipinski definition) is 4. The van der Waals surface area contributed by atoms with Crippen molar-refractivity contribution in [3.05, 3.63) is 154 Å². The van der Waals surface area contributed by atoms with Crippen LogP contribution in [0.5, 0.6) is 5.75 Å². The van der Waals surface area contributed by atoms with E-state index in [1.807, 2.05) is 97.1 Å². The third-order valence-corrected chi connectivity index (χ3v) is 12.1. The van der Waals surface area contributed by atoms with Gasteiger partial charge in [0.25, 0.3) is 0 Å². The SMILES string of the molecule is CC(CC[C@H](C)c1ccc(O)c2[nH]c(=O)ccc12)Cc1ccc(CC(=O)Nc2cccc(N(C)C(=O)CCN3CCC(OC(=O)Nc4ccccc4-c4ccccc4)CC3)c2)cc1. The number of likely N-dealkylation sites (tertiary alicyclic amines) is 1. The van der Waals surface area contributed by atoms with Gasteiger partial charge in [0.05, 0.1) is 17.6 Å². The van der Waals surface area contributed by atoms with Crippen molar-refractivity contribution in [2.75, 3.05) is 42.2 Å². The molecule has 0 saturated carbocycles. The number of para-hydroxylation sites is 1. The third kappa shape index (κ3) is 12.0. The number of carbonyl (C=O) groups is 3. The summed E-state index contributed by atoms with van der Waals surface area (Å²) in [6.07, 6.45) is 4.19. The van der Waals surface area contributed by atoms with Crippen LogP contribution < -0.4 is 21.1 Å². The zero-order chi connectivity index (χ0) is 44.3. The van der Waals surface area contributed by atoms with Crippen LogP contribution in [0, 0.1) is 5.92 Å². The summed E-state index contributed by atoms with van der Waals surface area (Å²) in [5.41, 5.74) is 7.46. The van der Waals surface area contributed by atoms with Crippen LogP contribution in [0.2, 0.25) is 0 Å². The van der Waals surface area contributed by atoms with Gasteiger partial charge in [-0.2, -0.15) is 0 Å². The number of pyridine rings is 1. The Balaban J connectivity index is 0.809. The van der Waals surface area contributed by atoms with Crippen molar-refractivity contribution in [3.8, 4) is 16.9 Å². The Morgan fingerprint density at radius 3 is 2.33 bits per heavy atom. The maximum atomic E-state index is 13.3. The molecule has 4 N–H and O–H groups in total. The summed E-state index contributed by atoms with van der Waals surface area (Å²) in [5.74, 6) is 0.612. The number of aromatic nitrogens is 1. The largest absolute Gasteiger partial charge is 0.506 e. The predicted molar refractivity (Wildman–Crippen MR) is 251 cm³/mol. The molecule has 5 aromatic carbocycles. The van der Waals surface area contributed by atoms with Gasteiger partial charge in [0.1, 0.15) is 11.9 Å². The molecule has 11 nitrogen and oxygen atoms in total. The summed E-state index contributed by atoms with van der Waals surface area (Å²) in [5, 5.41) is 17.1. The van der Waals surface area contributed by atoms with Gasteiger partial charge in [0.15, 0.2) is 0 Å². The lowest BCUT2D eigenvalue weighted by Crippen LogP contribution is -2.40. The second-order valence-electron chi connectivity index (χ2n) is 16.9. The number of piperidine rings is 1. The molecular formula is C52H57N5O6. The van der Waals surface area contributed by atoms with Crippen molar-refractivity contribution < 1.29 is 24.2 Å². The second kappa shape index (κ2) is 20.9. The van der Waals surface area contributed by atoms with E-state index in [-0.39, 0.29) is 41.6 Å². The molecule has 1 aliphatic heterocycles. The molecule has 0 radical (unpaired) electrons. The first-order valence-electron chi connectivity index (χ1n) is 21.9. The Labute approximate surface area is 369 Å². The number of benzene rings is 5. The Hall–Kier alpha value is -6.72. The number of rotatable bonds is 16. The van der Waals surface area contributed by atoms with Crippen molar-refractivity contribution in [3.63, 3.8) is 0 Å². The van der Waals surface area contributed by atoms with Crippen molar-refractivity contribution in [1.29, 1.82) is 0 Å². The van der Waals surface area contributed by atoms with Crippen LogP contribution in [0.4, 0.5) is 21.9 Å². The number of carbonyl (C=O) groups excluding carboxylic acids is 3. The molecule has 2 heterocycles. The minimum absolute atomic E-state index is 0.0261. The smallest absolute Gasteiger partial charge is 0.411 e. The zero-order valence-corrected chi connectivity index (χ0v) is 36.3. The zero-order valence-electron chi connectivity index (χ0n) is 36.3. The number of phenols is 1. The third-order valence-electron chi connectivity index (χ3n) is 12.1. The summed E-state index contributed by atoms with van der Waals surface area (Å²) in [7, 11) is 1.75. The van der Waals surface area contributed by atoms with Crippen LogP contribution in [0.15, 0.2) is 132 Å². The maximum absolute atomic E-state index is 13.3. The van der Waals surface area contributed by atoms with Crippen LogP contribution in [-0.4, -0.2) is 65.7 Å². The first-order valence-corrected chi connectivity index (χ1v) is 21.9. The summed E-state index contributed by atoms with van der Waals surface area (Å²) in [4.78, 5) is 57.6. The summed E-state index contributed by atoms with van der Waals surface area (Å²) < 4.78 is 5.79. The highest BCUT2D eigenvalue weighted by atomic mass is 16.6. The number of H-pyrrole nitrogens is 1. The Morgan fingerprint density at radius 1 is 0.825 bits per heavy atom. The maximum Gasteiger partial charge on any atom is 0.411 e. The van der Waals surface area contributed by atoms with E-state index in [0.29, 0.717) is 54.3 Å². The van der Waals surface area contributed by atoms with Gasteiger partial charge in [-0.3, -0.25) is 19.7 Å². The van der Waals surface area contributed by atoms with E-state index >= 15 is 0 Å². The van der Waals surface area contributed by atoms with Gasteiger partial charge in [0.2, 0.25) is 17.4 Å². The number of anilines is 3. The van der Waals surface area contributed by atoms with E-state index in [0.717, 1.165) is 60.0 Å². The van der Waals surface area contributed by atoms with Gasteiger partial charge in [0, 0.05) is 61.5 Å². The highest BCUT2D eigenvalue weighted by Gasteiger charge is 2.24. The summed E-state index contributed by atoms with van der Waals surface area (Å²) >= 11 is 0. The molecule has 326 valence electrons. The normalized spacial score (nSPS) is 14.1. The quantitative estimate of drug-likeness (QED) is 0.0759. The van der Waals surface area contributed by atoms with Crippen LogP contribution in [0.25, 0.3) is 22.0 Å². The molecule has 7 rings (SSSR count). The molecule has 6 aromatic rings. The number of amides is 3. The number of aromatic amines is 1. The topological polar surface area (TPSA) is 144 Å². The van der Waals surface area contributed by atoms with Crippen molar-refractivity contribution in [1.82, 2.24) is 9.88 Å². The molecule has 1 unspecified atom stereocenters. The molecule has 0 aliphatic carbocycles. The number of ether oxygens (including phenoxy) is 1. The molecule has 3 amide bonds. The number of nitrogens with one attached hydrogen (secondary N) is 3. The molecule has 0 spiro atoms. The van der Waals surface area contributed by atoms with Crippen LogP contribution in [-0.2, 0) is 27.2 Å². The van der Waals surface area contributed by atoms with Crippen LogP contribution in [0.1, 0.15) is 68.6 Å². The molecule has 1 saturated heterocycles. The number of aromatic hydroxyl groups is 1. The first kappa shape index (κ1) is 44.3. The lowest BCUT2D eigenvalue weighted by Gasteiger charge is -2.31. The Bertz CT molecular complexity index is 2570. The molecule has 1 fully saturated rings. The molecule has 1 aliphatic rings. The highest BCUT2D eigenvalue weighted by molar-refractivity contribution is 5.96. The summed E-state index contributed by atoms with van der Waals surface area (Å²) in [6.45, 7) is 6.48. The van der Waals surface area contributed by atoms with Gasteiger partial charge in [-0.1, -0.05) is 98.8 Å². The van der Waals surface area contributed by atoms with E-state index in [4.69, 9.17) is 4.74 Å². The van der Waals surface area contributed by atoms with Crippen molar-refractivity contribution in [2.45, 2.75) is 70.8 Å². The van der Waals surface area contributed by atoms with Crippen LogP contribution >= 0.6 is 0 Å². The molecule has 1 aromatic heterocycles. The van der Waals surface area contributed by atoms with E-state index in [2.05, 4.69) is 46.5 Å². The van der Waals surface area contributed by atoms with Gasteiger partial charge >= 0.3 is 6.09 Å². The van der Waals surface area contributed by atoms with Crippen molar-refractivity contribution in [2.24, 2.45) is 5.92 Å². The van der Waals surface area contributed by atoms with E-state index in [1.165, 1.54) is 11.6 Å².